The minimum atomic E-state index is -3.80. The van der Waals surface area contributed by atoms with E-state index in [0.29, 0.717) is 17.2 Å². The second kappa shape index (κ2) is 7.88. The van der Waals surface area contributed by atoms with Crippen molar-refractivity contribution in [3.8, 4) is 17.0 Å². The van der Waals surface area contributed by atoms with Gasteiger partial charge in [-0.1, -0.05) is 0 Å². The van der Waals surface area contributed by atoms with E-state index in [1.165, 1.54) is 12.1 Å². The molecular weight excluding hydrogens is 407 g/mol. The Labute approximate surface area is 172 Å². The zero-order valence-corrected chi connectivity index (χ0v) is 16.3. The van der Waals surface area contributed by atoms with Gasteiger partial charge in [-0.05, 0) is 78.4 Å². The fraction of sp³-hybridized carbons (Fsp3) is 0. The van der Waals surface area contributed by atoms with Crippen LogP contribution in [0.3, 0.4) is 0 Å². The molecule has 0 amide bonds. The van der Waals surface area contributed by atoms with E-state index in [-0.39, 0.29) is 10.6 Å². The van der Waals surface area contributed by atoms with E-state index in [0.717, 1.165) is 23.4 Å². The molecule has 0 atom stereocenters. The lowest BCUT2D eigenvalue weighted by Gasteiger charge is -2.09. The second-order valence-corrected chi connectivity index (χ2v) is 8.16. The molecule has 4 rings (SSSR count). The lowest BCUT2D eigenvalue weighted by molar-refractivity contribution is 0.475. The topological polar surface area (TPSA) is 107 Å². The summed E-state index contributed by atoms with van der Waals surface area (Å²) in [4.78, 5) is -0.0237. The zero-order valence-electron chi connectivity index (χ0n) is 15.5. The van der Waals surface area contributed by atoms with Gasteiger partial charge in [0.1, 0.15) is 11.6 Å². The molecule has 0 saturated heterocycles. The molecule has 4 N–H and O–H groups in total. The van der Waals surface area contributed by atoms with Gasteiger partial charge in [0.2, 0.25) is 0 Å². The molecule has 0 saturated carbocycles. The molecule has 0 radical (unpaired) electrons. The number of aromatic hydroxyl groups is 1. The van der Waals surface area contributed by atoms with Crippen molar-refractivity contribution in [3.05, 3.63) is 84.7 Å². The Hall–Kier alpha value is -3.85. The summed E-state index contributed by atoms with van der Waals surface area (Å²) in [6.45, 7) is 0. The van der Waals surface area contributed by atoms with Gasteiger partial charge in [-0.2, -0.15) is 5.10 Å². The van der Waals surface area contributed by atoms with Crippen molar-refractivity contribution in [1.82, 2.24) is 10.2 Å². The number of aromatic amines is 1. The van der Waals surface area contributed by atoms with Gasteiger partial charge in [0.05, 0.1) is 10.6 Å². The number of sulfonamides is 1. The molecular formula is C21H17FN4O3S. The molecule has 0 aliphatic carbocycles. The number of halogens is 1. The maximum absolute atomic E-state index is 13.0. The molecule has 9 heteroatoms. The van der Waals surface area contributed by atoms with E-state index in [1.54, 1.807) is 48.5 Å². The predicted molar refractivity (Wildman–Crippen MR) is 113 cm³/mol. The van der Waals surface area contributed by atoms with Crippen LogP contribution in [0, 0.1) is 5.82 Å². The molecule has 0 bridgehead atoms. The largest absolute Gasteiger partial charge is 0.508 e. The molecule has 152 valence electrons. The summed E-state index contributed by atoms with van der Waals surface area (Å²) in [5.74, 6) is 0.265. The van der Waals surface area contributed by atoms with Gasteiger partial charge >= 0.3 is 0 Å². The van der Waals surface area contributed by atoms with Gasteiger partial charge in [0.25, 0.3) is 10.0 Å². The van der Waals surface area contributed by atoms with Crippen molar-refractivity contribution in [2.75, 3.05) is 10.0 Å². The van der Waals surface area contributed by atoms with Crippen molar-refractivity contribution in [2.45, 2.75) is 4.90 Å². The van der Waals surface area contributed by atoms with Crippen LogP contribution in [0.1, 0.15) is 0 Å². The first-order valence-electron chi connectivity index (χ1n) is 8.89. The minimum Gasteiger partial charge on any atom is -0.508 e. The Bertz CT molecular complexity index is 1250. The third-order valence-corrected chi connectivity index (χ3v) is 5.69. The SMILES string of the molecule is O=S(=O)(Nc1ccc(Nc2cc(-c3ccc(O)cc3)[nH]n2)cc1)c1ccc(F)cc1. The number of phenols is 1. The van der Waals surface area contributed by atoms with Crippen LogP contribution in [-0.4, -0.2) is 23.7 Å². The molecule has 1 heterocycles. The molecule has 4 aromatic rings. The monoisotopic (exact) mass is 424 g/mol. The van der Waals surface area contributed by atoms with Crippen LogP contribution in [0.15, 0.2) is 83.8 Å². The highest BCUT2D eigenvalue weighted by Gasteiger charge is 2.14. The summed E-state index contributed by atoms with van der Waals surface area (Å²) in [5, 5.41) is 19.6. The van der Waals surface area contributed by atoms with E-state index in [4.69, 9.17) is 0 Å². The summed E-state index contributed by atoms with van der Waals surface area (Å²) >= 11 is 0. The van der Waals surface area contributed by atoms with E-state index in [9.17, 15) is 17.9 Å². The Balaban J connectivity index is 1.44. The van der Waals surface area contributed by atoms with Gasteiger partial charge in [-0.3, -0.25) is 9.82 Å². The van der Waals surface area contributed by atoms with Crippen LogP contribution in [0.5, 0.6) is 5.75 Å². The summed E-state index contributed by atoms with van der Waals surface area (Å²) in [6, 6.07) is 19.8. The fourth-order valence-corrected chi connectivity index (χ4v) is 3.83. The smallest absolute Gasteiger partial charge is 0.261 e. The molecule has 3 aromatic carbocycles. The van der Waals surface area contributed by atoms with Crippen LogP contribution < -0.4 is 10.0 Å². The number of H-pyrrole nitrogens is 1. The molecule has 0 fully saturated rings. The van der Waals surface area contributed by atoms with Gasteiger partial charge in [0, 0.05) is 17.4 Å². The molecule has 0 unspecified atom stereocenters. The standard InChI is InChI=1S/C21H17FN4O3S/c22-15-3-11-19(12-4-15)30(28,29)26-17-7-5-16(6-8-17)23-21-13-20(24-25-21)14-1-9-18(27)10-2-14/h1-13,26-27H,(H2,23,24,25). The number of hydrogen-bond acceptors (Lipinski definition) is 5. The maximum Gasteiger partial charge on any atom is 0.261 e. The van der Waals surface area contributed by atoms with E-state index in [2.05, 4.69) is 20.2 Å². The van der Waals surface area contributed by atoms with Gasteiger partial charge in [-0.15, -0.1) is 0 Å². The highest BCUT2D eigenvalue weighted by Crippen LogP contribution is 2.25. The van der Waals surface area contributed by atoms with Crippen molar-refractivity contribution in [2.24, 2.45) is 0 Å². The summed E-state index contributed by atoms with van der Waals surface area (Å²) < 4.78 is 40.2. The van der Waals surface area contributed by atoms with Crippen LogP contribution in [0.4, 0.5) is 21.6 Å². The van der Waals surface area contributed by atoms with Gasteiger partial charge in [0.15, 0.2) is 5.82 Å². The van der Waals surface area contributed by atoms with Crippen molar-refractivity contribution < 1.29 is 17.9 Å². The van der Waals surface area contributed by atoms with Crippen molar-refractivity contribution in [1.29, 1.82) is 0 Å². The molecule has 0 aliphatic rings. The Morgan fingerprint density at radius 1 is 0.867 bits per heavy atom. The first-order valence-corrected chi connectivity index (χ1v) is 10.4. The molecule has 0 spiro atoms. The first kappa shape index (κ1) is 19.5. The number of nitrogens with one attached hydrogen (secondary N) is 3. The highest BCUT2D eigenvalue weighted by molar-refractivity contribution is 7.92. The van der Waals surface area contributed by atoms with Crippen LogP contribution in [0.25, 0.3) is 11.3 Å². The van der Waals surface area contributed by atoms with Crippen LogP contribution in [-0.2, 0) is 10.0 Å². The molecule has 0 aliphatic heterocycles. The van der Waals surface area contributed by atoms with Crippen molar-refractivity contribution >= 4 is 27.2 Å². The summed E-state index contributed by atoms with van der Waals surface area (Å²) in [7, 11) is -3.80. The average molecular weight is 424 g/mol. The highest BCUT2D eigenvalue weighted by atomic mass is 32.2. The molecule has 30 heavy (non-hydrogen) atoms. The third-order valence-electron chi connectivity index (χ3n) is 4.29. The maximum atomic E-state index is 13.0. The Kier molecular flexibility index (Phi) is 5.11. The number of aromatic nitrogens is 2. The van der Waals surface area contributed by atoms with Gasteiger partial charge in [-0.25, -0.2) is 12.8 Å². The second-order valence-electron chi connectivity index (χ2n) is 6.48. The Morgan fingerprint density at radius 3 is 2.17 bits per heavy atom. The number of benzene rings is 3. The summed E-state index contributed by atoms with van der Waals surface area (Å²) in [5.41, 5.74) is 2.74. The fourth-order valence-electron chi connectivity index (χ4n) is 2.77. The van der Waals surface area contributed by atoms with E-state index in [1.807, 2.05) is 6.07 Å². The lowest BCUT2D eigenvalue weighted by Crippen LogP contribution is -2.12. The average Bonchev–Trinajstić information content (AvgIpc) is 3.19. The van der Waals surface area contributed by atoms with Crippen LogP contribution >= 0.6 is 0 Å². The van der Waals surface area contributed by atoms with Crippen LogP contribution in [0.2, 0.25) is 0 Å². The minimum absolute atomic E-state index is 0.0237. The third kappa shape index (κ3) is 4.41. The van der Waals surface area contributed by atoms with E-state index >= 15 is 0 Å². The quantitative estimate of drug-likeness (QED) is 0.365. The first-order chi connectivity index (χ1) is 14.4. The predicted octanol–water partition coefficient (Wildman–Crippen LogP) is 4.47. The zero-order chi connectivity index (χ0) is 21.1. The summed E-state index contributed by atoms with van der Waals surface area (Å²) in [6.07, 6.45) is 0. The van der Waals surface area contributed by atoms with Gasteiger partial charge < -0.3 is 10.4 Å². The number of hydrogen-bond donors (Lipinski definition) is 4. The number of anilines is 3. The Morgan fingerprint density at radius 2 is 1.50 bits per heavy atom. The molecule has 7 nitrogen and oxygen atoms in total. The number of phenolic OH excluding ortho intramolecular Hbond substituents is 1. The van der Waals surface area contributed by atoms with Crippen molar-refractivity contribution in [3.63, 3.8) is 0 Å². The number of rotatable bonds is 6. The number of nitrogens with zero attached hydrogens (tertiary/aromatic N) is 1. The normalized spacial score (nSPS) is 11.2. The lowest BCUT2D eigenvalue weighted by atomic mass is 10.1. The molecule has 1 aromatic heterocycles. The van der Waals surface area contributed by atoms with E-state index < -0.39 is 15.8 Å².